The lowest BCUT2D eigenvalue weighted by atomic mass is 9.41. The van der Waals surface area contributed by atoms with Crippen molar-refractivity contribution in [1.29, 1.82) is 0 Å². The number of hydrogen-bond donors (Lipinski definition) is 5. The van der Waals surface area contributed by atoms with Gasteiger partial charge < -0.3 is 40.0 Å². The predicted octanol–water partition coefficient (Wildman–Crippen LogP) is 2.05. The van der Waals surface area contributed by atoms with Crippen LogP contribution >= 0.6 is 12.2 Å². The number of methoxy groups -OCH3 is 1. The van der Waals surface area contributed by atoms with E-state index in [1.165, 1.54) is 0 Å². The molecule has 0 unspecified atom stereocenters. The topological polar surface area (TPSA) is 165 Å². The number of thiocarbonyl (C=S) groups is 1. The zero-order valence-electron chi connectivity index (χ0n) is 25.4. The third kappa shape index (κ3) is 4.96. The van der Waals surface area contributed by atoms with Gasteiger partial charge >= 0.3 is 5.97 Å². The molecule has 6 N–H and O–H groups in total. The molecule has 5 fully saturated rings. The molecule has 6 aliphatic rings. The quantitative estimate of drug-likeness (QED) is 0.0969. The SMILES string of the molecule is CO[C@@H]1C[C@H](O[C@@H]2CC[C@]3(/C=N/NC(N)=S)[C@H]4CC[C@]5(C)[C@H](C6=CC(=O)OC6)CC[C@]5(O)[C@@H]4CC[C@]3(O)C2)O[C@@H](C)[C@@H]1O. The summed E-state index contributed by atoms with van der Waals surface area (Å²) in [4.78, 5) is 11.9. The van der Waals surface area contributed by atoms with Gasteiger partial charge in [0.05, 0.1) is 29.5 Å². The number of hydrogen-bond acceptors (Lipinski definition) is 10. The van der Waals surface area contributed by atoms with Crippen molar-refractivity contribution in [3.63, 3.8) is 0 Å². The summed E-state index contributed by atoms with van der Waals surface area (Å²) in [7, 11) is 1.58. The molecule has 2 heterocycles. The lowest BCUT2D eigenvalue weighted by molar-refractivity contribution is -0.284. The second-order valence-corrected chi connectivity index (χ2v) is 14.6. The lowest BCUT2D eigenvalue weighted by Crippen LogP contribution is -2.69. The third-order valence-electron chi connectivity index (χ3n) is 12.4. The van der Waals surface area contributed by atoms with Gasteiger partial charge in [0.25, 0.3) is 0 Å². The first-order valence-corrected chi connectivity index (χ1v) is 16.2. The summed E-state index contributed by atoms with van der Waals surface area (Å²) in [6.45, 7) is 4.29. The normalized spacial score (nSPS) is 49.5. The first-order valence-electron chi connectivity index (χ1n) is 15.8. The summed E-state index contributed by atoms with van der Waals surface area (Å²) >= 11 is 5.01. The predicted molar refractivity (Wildman–Crippen MR) is 161 cm³/mol. The number of fused-ring (bicyclic) bond motifs is 5. The number of rotatable bonds is 6. The molecule has 0 aromatic heterocycles. The molecular weight excluding hydrogens is 574 g/mol. The number of carbonyl (C=O) groups is 1. The van der Waals surface area contributed by atoms with Gasteiger partial charge in [-0.1, -0.05) is 6.92 Å². The van der Waals surface area contributed by atoms with E-state index in [0.717, 1.165) is 24.8 Å². The molecule has 0 bridgehead atoms. The van der Waals surface area contributed by atoms with E-state index in [-0.39, 0.29) is 41.0 Å². The van der Waals surface area contributed by atoms with Crippen molar-refractivity contribution in [3.05, 3.63) is 11.6 Å². The third-order valence-corrected chi connectivity index (χ3v) is 12.5. The molecule has 4 saturated carbocycles. The molecule has 4 aliphatic carbocycles. The number of aliphatic hydroxyl groups is 3. The van der Waals surface area contributed by atoms with Gasteiger partial charge in [0, 0.05) is 43.1 Å². The van der Waals surface area contributed by atoms with Crippen LogP contribution in [0.3, 0.4) is 0 Å². The van der Waals surface area contributed by atoms with Gasteiger partial charge in [0.15, 0.2) is 11.4 Å². The Balaban J connectivity index is 1.27. The van der Waals surface area contributed by atoms with Crippen LogP contribution in [0.5, 0.6) is 0 Å². The molecule has 12 heteroatoms. The first-order chi connectivity index (χ1) is 20.4. The molecule has 43 heavy (non-hydrogen) atoms. The fraction of sp³-hybridized carbons (Fsp3) is 0.839. The van der Waals surface area contributed by atoms with E-state index in [9.17, 15) is 20.1 Å². The van der Waals surface area contributed by atoms with Crippen molar-refractivity contribution >= 4 is 29.5 Å². The summed E-state index contributed by atoms with van der Waals surface area (Å²) in [6, 6.07) is 0. The number of aliphatic hydroxyl groups excluding tert-OH is 1. The van der Waals surface area contributed by atoms with E-state index in [2.05, 4.69) is 17.5 Å². The molecule has 0 aromatic carbocycles. The average molecular weight is 622 g/mol. The van der Waals surface area contributed by atoms with Crippen molar-refractivity contribution in [1.82, 2.24) is 5.43 Å². The average Bonchev–Trinajstić information content (AvgIpc) is 3.50. The van der Waals surface area contributed by atoms with Crippen molar-refractivity contribution in [2.45, 2.75) is 120 Å². The highest BCUT2D eigenvalue weighted by Crippen LogP contribution is 2.70. The number of nitrogens with two attached hydrogens (primary N) is 1. The summed E-state index contributed by atoms with van der Waals surface area (Å²) < 4.78 is 23.1. The molecular formula is C31H47N3O8S. The Kier molecular flexibility index (Phi) is 8.22. The van der Waals surface area contributed by atoms with Crippen molar-refractivity contribution in [2.75, 3.05) is 13.7 Å². The van der Waals surface area contributed by atoms with E-state index in [1.807, 2.05) is 13.1 Å². The smallest absolute Gasteiger partial charge is 0.331 e. The zero-order chi connectivity index (χ0) is 30.8. The van der Waals surface area contributed by atoms with Crippen LogP contribution in [0.4, 0.5) is 0 Å². The Labute approximate surface area is 258 Å². The molecule has 0 radical (unpaired) electrons. The second-order valence-electron chi connectivity index (χ2n) is 14.1. The summed E-state index contributed by atoms with van der Waals surface area (Å²) in [5.74, 6) is -0.277. The molecule has 6 rings (SSSR count). The van der Waals surface area contributed by atoms with Crippen LogP contribution < -0.4 is 11.2 Å². The molecule has 12 atom stereocenters. The van der Waals surface area contributed by atoms with E-state index in [4.69, 9.17) is 36.9 Å². The molecule has 0 amide bonds. The minimum Gasteiger partial charge on any atom is -0.458 e. The number of nitrogens with zero attached hydrogens (tertiary/aromatic N) is 1. The molecule has 0 aromatic rings. The number of ether oxygens (including phenoxy) is 4. The second kappa shape index (κ2) is 11.3. The van der Waals surface area contributed by atoms with Gasteiger partial charge in [0.1, 0.15) is 12.7 Å². The maximum atomic E-state index is 12.6. The fourth-order valence-electron chi connectivity index (χ4n) is 10.2. The van der Waals surface area contributed by atoms with E-state index >= 15 is 0 Å². The monoisotopic (exact) mass is 621 g/mol. The van der Waals surface area contributed by atoms with Crippen LogP contribution in [0.25, 0.3) is 0 Å². The Morgan fingerprint density at radius 3 is 2.65 bits per heavy atom. The number of nitrogens with one attached hydrogen (secondary N) is 1. The van der Waals surface area contributed by atoms with Crippen LogP contribution in [-0.2, 0) is 23.7 Å². The number of cyclic esters (lactones) is 1. The van der Waals surface area contributed by atoms with Crippen LogP contribution in [0.2, 0.25) is 0 Å². The van der Waals surface area contributed by atoms with Gasteiger partial charge in [-0.15, -0.1) is 0 Å². The van der Waals surface area contributed by atoms with Crippen LogP contribution in [0.1, 0.15) is 78.1 Å². The molecule has 11 nitrogen and oxygen atoms in total. The molecule has 1 saturated heterocycles. The summed E-state index contributed by atoms with van der Waals surface area (Å²) in [5.41, 5.74) is 6.21. The first kappa shape index (κ1) is 31.3. The maximum Gasteiger partial charge on any atom is 0.331 e. The standard InChI is InChI=1S/C31H47N3O8S/c1-17-26(36)23(39-3)13-25(41-17)42-19-4-9-29(16-33-34-27(32)43)21-5-8-28(2)20(18-12-24(35)40-15-18)7-11-31(28,38)22(21)6-10-30(29,37)14-19/h12,16-17,19-23,25-26,36-38H,4-11,13-15H2,1-3H3,(H3,32,34,43)/b33-16+/t17-,19+,20-,21-,22+,23+,25-,26-,28+,29-,30-,31-/m0/s1. The Morgan fingerprint density at radius 2 is 1.95 bits per heavy atom. The van der Waals surface area contributed by atoms with E-state index in [1.54, 1.807) is 13.2 Å². The van der Waals surface area contributed by atoms with E-state index in [0.29, 0.717) is 51.6 Å². The highest BCUT2D eigenvalue weighted by atomic mass is 32.1. The van der Waals surface area contributed by atoms with Gasteiger partial charge in [-0.25, -0.2) is 4.79 Å². The number of esters is 1. The highest BCUT2D eigenvalue weighted by Gasteiger charge is 2.71. The van der Waals surface area contributed by atoms with Gasteiger partial charge in [-0.2, -0.15) is 5.10 Å². The molecule has 0 spiro atoms. The lowest BCUT2D eigenvalue weighted by Gasteiger charge is -2.66. The number of hydrazone groups is 1. The minimum atomic E-state index is -1.13. The molecule has 2 aliphatic heterocycles. The maximum absolute atomic E-state index is 12.6. The largest absolute Gasteiger partial charge is 0.458 e. The highest BCUT2D eigenvalue weighted by molar-refractivity contribution is 7.80. The van der Waals surface area contributed by atoms with Crippen molar-refractivity contribution in [2.24, 2.45) is 39.4 Å². The fourth-order valence-corrected chi connectivity index (χ4v) is 10.3. The Hall–Kier alpha value is -1.67. The van der Waals surface area contributed by atoms with Crippen LogP contribution in [0, 0.1) is 28.6 Å². The van der Waals surface area contributed by atoms with Gasteiger partial charge in [0.2, 0.25) is 0 Å². The number of carbonyl (C=O) groups excluding carboxylic acids is 1. The Bertz CT molecular complexity index is 1190. The summed E-state index contributed by atoms with van der Waals surface area (Å²) in [5, 5.41) is 40.1. The van der Waals surface area contributed by atoms with Gasteiger partial charge in [-0.3, -0.25) is 5.43 Å². The van der Waals surface area contributed by atoms with Crippen LogP contribution in [0.15, 0.2) is 16.8 Å². The van der Waals surface area contributed by atoms with Crippen molar-refractivity contribution in [3.8, 4) is 0 Å². The van der Waals surface area contributed by atoms with Gasteiger partial charge in [-0.05, 0) is 93.8 Å². The minimum absolute atomic E-state index is 0.0182. The van der Waals surface area contributed by atoms with Crippen LogP contribution in [-0.4, -0.2) is 88.2 Å². The zero-order valence-corrected chi connectivity index (χ0v) is 26.2. The molecule has 240 valence electrons. The van der Waals surface area contributed by atoms with E-state index < -0.39 is 40.5 Å². The summed E-state index contributed by atoms with van der Waals surface area (Å²) in [6.07, 6.45) is 7.39. The van der Waals surface area contributed by atoms with Crippen molar-refractivity contribution < 1.29 is 39.1 Å². The Morgan fingerprint density at radius 1 is 1.19 bits per heavy atom.